The number of nitrogens with zero attached hydrogens (tertiary/aromatic N) is 1. The van der Waals surface area contributed by atoms with Gasteiger partial charge in [-0.25, -0.2) is 4.79 Å². The summed E-state index contributed by atoms with van der Waals surface area (Å²) in [4.78, 5) is 24.1. The summed E-state index contributed by atoms with van der Waals surface area (Å²) in [6.07, 6.45) is -0.527. The van der Waals surface area contributed by atoms with E-state index < -0.39 is 17.7 Å². The van der Waals surface area contributed by atoms with Gasteiger partial charge in [-0.05, 0) is 13.8 Å². The molecule has 1 atom stereocenters. The molecule has 1 aliphatic rings. The highest BCUT2D eigenvalue weighted by Gasteiger charge is 2.27. The number of ether oxygens (including phenoxy) is 2. The number of hydrogen-bond acceptors (Lipinski definition) is 4. The Morgan fingerprint density at radius 1 is 1.53 bits per heavy atom. The SMILES string of the molecule is COC(C)(C)CNC(=O)N1CCOC(CC(=O)O)C1. The number of carboxylic acids is 1. The molecule has 110 valence electrons. The lowest BCUT2D eigenvalue weighted by atomic mass is 10.1. The molecular weight excluding hydrogens is 252 g/mol. The van der Waals surface area contributed by atoms with Crippen molar-refractivity contribution in [2.75, 3.05) is 33.4 Å². The van der Waals surface area contributed by atoms with Gasteiger partial charge in [0.1, 0.15) is 0 Å². The molecule has 2 amide bonds. The Balaban J connectivity index is 2.41. The molecule has 1 heterocycles. The number of amides is 2. The van der Waals surface area contributed by atoms with Crippen molar-refractivity contribution in [1.82, 2.24) is 10.2 Å². The van der Waals surface area contributed by atoms with Gasteiger partial charge in [-0.1, -0.05) is 0 Å². The third-order valence-electron chi connectivity index (χ3n) is 3.05. The van der Waals surface area contributed by atoms with Gasteiger partial charge in [0.2, 0.25) is 0 Å². The third-order valence-corrected chi connectivity index (χ3v) is 3.05. The highest BCUT2D eigenvalue weighted by atomic mass is 16.5. The summed E-state index contributed by atoms with van der Waals surface area (Å²) < 4.78 is 10.5. The normalized spacial score (nSPS) is 20.2. The van der Waals surface area contributed by atoms with E-state index in [-0.39, 0.29) is 12.5 Å². The van der Waals surface area contributed by atoms with Crippen molar-refractivity contribution in [2.45, 2.75) is 32.0 Å². The van der Waals surface area contributed by atoms with E-state index in [9.17, 15) is 9.59 Å². The Kier molecular flexibility index (Phi) is 5.56. The summed E-state index contributed by atoms with van der Waals surface area (Å²) in [6, 6.07) is -0.219. The largest absolute Gasteiger partial charge is 0.481 e. The van der Waals surface area contributed by atoms with Crippen molar-refractivity contribution in [3.63, 3.8) is 0 Å². The van der Waals surface area contributed by atoms with Crippen LogP contribution in [0, 0.1) is 0 Å². The fraction of sp³-hybridized carbons (Fsp3) is 0.833. The Hall–Kier alpha value is -1.34. The van der Waals surface area contributed by atoms with Crippen LogP contribution in [0.25, 0.3) is 0 Å². The van der Waals surface area contributed by atoms with Gasteiger partial charge in [0.15, 0.2) is 0 Å². The number of carboxylic acid groups (broad SMARTS) is 1. The van der Waals surface area contributed by atoms with E-state index in [4.69, 9.17) is 14.6 Å². The fourth-order valence-corrected chi connectivity index (χ4v) is 1.69. The minimum Gasteiger partial charge on any atom is -0.481 e. The first-order chi connectivity index (χ1) is 8.84. The summed E-state index contributed by atoms with van der Waals surface area (Å²) >= 11 is 0. The molecule has 19 heavy (non-hydrogen) atoms. The predicted molar refractivity (Wildman–Crippen MR) is 68.1 cm³/mol. The quantitative estimate of drug-likeness (QED) is 0.752. The number of morpholine rings is 1. The number of aliphatic carboxylic acids is 1. The zero-order valence-electron chi connectivity index (χ0n) is 11.6. The molecular formula is C12H22N2O5. The average Bonchev–Trinajstić information content (AvgIpc) is 2.35. The van der Waals surface area contributed by atoms with Crippen LogP contribution in [0.4, 0.5) is 4.79 Å². The molecule has 0 radical (unpaired) electrons. The van der Waals surface area contributed by atoms with Crippen LogP contribution in [0.1, 0.15) is 20.3 Å². The average molecular weight is 274 g/mol. The summed E-state index contributed by atoms with van der Waals surface area (Å²) in [5.74, 6) is -0.923. The van der Waals surface area contributed by atoms with E-state index in [1.54, 1.807) is 12.0 Å². The number of methoxy groups -OCH3 is 1. The van der Waals surface area contributed by atoms with E-state index in [0.29, 0.717) is 26.2 Å². The molecule has 2 N–H and O–H groups in total. The first-order valence-corrected chi connectivity index (χ1v) is 6.25. The Morgan fingerprint density at radius 2 is 2.21 bits per heavy atom. The minimum atomic E-state index is -0.923. The Bertz CT molecular complexity index is 332. The number of rotatable bonds is 5. The number of carbonyl (C=O) groups is 2. The number of carbonyl (C=O) groups excluding carboxylic acids is 1. The molecule has 0 aliphatic carbocycles. The van der Waals surface area contributed by atoms with E-state index in [0.717, 1.165) is 0 Å². The first kappa shape index (κ1) is 15.7. The number of hydrogen-bond donors (Lipinski definition) is 2. The lowest BCUT2D eigenvalue weighted by Gasteiger charge is -2.33. The van der Waals surface area contributed by atoms with Gasteiger partial charge in [-0.3, -0.25) is 4.79 Å². The van der Waals surface area contributed by atoms with Crippen molar-refractivity contribution in [3.8, 4) is 0 Å². The van der Waals surface area contributed by atoms with Crippen molar-refractivity contribution in [3.05, 3.63) is 0 Å². The van der Waals surface area contributed by atoms with Gasteiger partial charge in [-0.15, -0.1) is 0 Å². The molecule has 0 saturated carbocycles. The van der Waals surface area contributed by atoms with Crippen LogP contribution < -0.4 is 5.32 Å². The van der Waals surface area contributed by atoms with Gasteiger partial charge >= 0.3 is 12.0 Å². The van der Waals surface area contributed by atoms with Crippen molar-refractivity contribution < 1.29 is 24.2 Å². The van der Waals surface area contributed by atoms with Crippen LogP contribution in [0.15, 0.2) is 0 Å². The second-order valence-corrected chi connectivity index (χ2v) is 5.16. The lowest BCUT2D eigenvalue weighted by Crippen LogP contribution is -2.52. The summed E-state index contributed by atoms with van der Waals surface area (Å²) in [7, 11) is 1.59. The molecule has 0 aromatic heterocycles. The van der Waals surface area contributed by atoms with Crippen LogP contribution in [0.2, 0.25) is 0 Å². The van der Waals surface area contributed by atoms with E-state index in [2.05, 4.69) is 5.32 Å². The topological polar surface area (TPSA) is 88.1 Å². The maximum atomic E-state index is 11.9. The van der Waals surface area contributed by atoms with Gasteiger partial charge in [-0.2, -0.15) is 0 Å². The number of nitrogens with one attached hydrogen (secondary N) is 1. The molecule has 1 rings (SSSR count). The summed E-state index contributed by atoms with van der Waals surface area (Å²) in [6.45, 7) is 5.27. The summed E-state index contributed by atoms with van der Waals surface area (Å²) in [5.41, 5.74) is -0.428. The molecule has 0 aromatic rings. The van der Waals surface area contributed by atoms with E-state index in [1.807, 2.05) is 13.8 Å². The first-order valence-electron chi connectivity index (χ1n) is 6.25. The predicted octanol–water partition coefficient (Wildman–Crippen LogP) is 0.297. The summed E-state index contributed by atoms with van der Waals surface area (Å²) in [5, 5.41) is 11.5. The van der Waals surface area contributed by atoms with Crippen LogP contribution in [-0.2, 0) is 14.3 Å². The zero-order valence-corrected chi connectivity index (χ0v) is 11.6. The highest BCUT2D eigenvalue weighted by molar-refractivity contribution is 5.74. The Morgan fingerprint density at radius 3 is 2.79 bits per heavy atom. The maximum absolute atomic E-state index is 11.9. The van der Waals surface area contributed by atoms with Crippen LogP contribution in [0.3, 0.4) is 0 Å². The zero-order chi connectivity index (χ0) is 14.5. The molecule has 7 nitrogen and oxygen atoms in total. The van der Waals surface area contributed by atoms with E-state index >= 15 is 0 Å². The van der Waals surface area contributed by atoms with Gasteiger partial charge in [0.05, 0.1) is 24.7 Å². The third kappa shape index (κ3) is 5.44. The van der Waals surface area contributed by atoms with Gasteiger partial charge in [0.25, 0.3) is 0 Å². The standard InChI is InChI=1S/C12H22N2O5/c1-12(2,18-3)8-13-11(17)14-4-5-19-9(7-14)6-10(15)16/h9H,4-8H2,1-3H3,(H,13,17)(H,15,16). The van der Waals surface area contributed by atoms with Crippen molar-refractivity contribution in [1.29, 1.82) is 0 Å². The molecule has 7 heteroatoms. The van der Waals surface area contributed by atoms with Crippen LogP contribution >= 0.6 is 0 Å². The molecule has 0 aromatic carbocycles. The van der Waals surface area contributed by atoms with Crippen LogP contribution in [0.5, 0.6) is 0 Å². The Labute approximate surface area is 112 Å². The van der Waals surface area contributed by atoms with Crippen LogP contribution in [-0.4, -0.2) is 67.1 Å². The number of urea groups is 1. The van der Waals surface area contributed by atoms with Crippen molar-refractivity contribution >= 4 is 12.0 Å². The molecule has 0 spiro atoms. The highest BCUT2D eigenvalue weighted by Crippen LogP contribution is 2.10. The van der Waals surface area contributed by atoms with Crippen molar-refractivity contribution in [2.24, 2.45) is 0 Å². The molecule has 1 fully saturated rings. The monoisotopic (exact) mass is 274 g/mol. The van der Waals surface area contributed by atoms with Gasteiger partial charge in [0, 0.05) is 26.7 Å². The molecule has 1 unspecified atom stereocenters. The fourth-order valence-electron chi connectivity index (χ4n) is 1.69. The van der Waals surface area contributed by atoms with E-state index in [1.165, 1.54) is 0 Å². The second kappa shape index (κ2) is 6.72. The van der Waals surface area contributed by atoms with Gasteiger partial charge < -0.3 is 24.8 Å². The smallest absolute Gasteiger partial charge is 0.317 e. The lowest BCUT2D eigenvalue weighted by molar-refractivity contribution is -0.141. The molecule has 0 bridgehead atoms. The second-order valence-electron chi connectivity index (χ2n) is 5.16. The maximum Gasteiger partial charge on any atom is 0.317 e. The molecule has 1 saturated heterocycles. The minimum absolute atomic E-state index is 0.0899. The molecule has 1 aliphatic heterocycles.